The summed E-state index contributed by atoms with van der Waals surface area (Å²) in [7, 11) is 0. The molecule has 8 heteroatoms. The quantitative estimate of drug-likeness (QED) is 0.449. The van der Waals surface area contributed by atoms with E-state index in [-0.39, 0.29) is 17.6 Å². The summed E-state index contributed by atoms with van der Waals surface area (Å²) in [5.74, 6) is 1.11. The molecular weight excluding hydrogens is 366 g/mol. The Bertz CT molecular complexity index is 923. The van der Waals surface area contributed by atoms with Gasteiger partial charge in [0.2, 0.25) is 0 Å². The minimum absolute atomic E-state index is 0.0458. The van der Waals surface area contributed by atoms with E-state index < -0.39 is 0 Å². The molecule has 0 aliphatic carbocycles. The third-order valence-electron chi connectivity index (χ3n) is 4.75. The van der Waals surface area contributed by atoms with Gasteiger partial charge in [0.15, 0.2) is 11.5 Å². The van der Waals surface area contributed by atoms with E-state index in [0.717, 1.165) is 42.9 Å². The number of nitrogens with zero attached hydrogens (tertiary/aromatic N) is 3. The molecule has 4 heterocycles. The van der Waals surface area contributed by atoms with Crippen molar-refractivity contribution >= 4 is 17.5 Å². The van der Waals surface area contributed by atoms with Crippen LogP contribution in [0.4, 0.5) is 0 Å². The van der Waals surface area contributed by atoms with E-state index in [0.29, 0.717) is 16.9 Å². The number of furan rings is 1. The molecule has 0 aromatic carbocycles. The number of hydrogen-bond acceptors (Lipinski definition) is 7. The summed E-state index contributed by atoms with van der Waals surface area (Å²) < 4.78 is 18.7. The predicted octanol–water partition coefficient (Wildman–Crippen LogP) is 3.90. The number of ketones is 1. The molecule has 142 valence electrons. The number of carbonyl (C=O) groups excluding carboxylic acids is 1. The fourth-order valence-electron chi connectivity index (χ4n) is 3.33. The highest BCUT2D eigenvalue weighted by Gasteiger charge is 2.21. The Balaban J connectivity index is 1.41. The van der Waals surface area contributed by atoms with Crippen molar-refractivity contribution in [1.82, 2.24) is 14.8 Å². The molecule has 0 amide bonds. The van der Waals surface area contributed by atoms with Gasteiger partial charge in [0.05, 0.1) is 18.1 Å². The first-order valence-corrected chi connectivity index (χ1v) is 9.92. The molecule has 0 unspecified atom stereocenters. The van der Waals surface area contributed by atoms with Crippen LogP contribution < -0.4 is 0 Å². The maximum Gasteiger partial charge on any atom is 0.284 e. The molecule has 27 heavy (non-hydrogen) atoms. The van der Waals surface area contributed by atoms with Gasteiger partial charge in [-0.25, -0.2) is 0 Å². The van der Waals surface area contributed by atoms with Gasteiger partial charge >= 0.3 is 0 Å². The number of rotatable bonds is 7. The van der Waals surface area contributed by atoms with Crippen molar-refractivity contribution < 1.29 is 18.4 Å². The van der Waals surface area contributed by atoms with Gasteiger partial charge in [-0.05, 0) is 44.9 Å². The molecule has 1 aliphatic rings. The molecule has 0 saturated carbocycles. The average molecular weight is 387 g/mol. The van der Waals surface area contributed by atoms with Crippen LogP contribution in [0.5, 0.6) is 0 Å². The van der Waals surface area contributed by atoms with Crippen LogP contribution in [0.1, 0.15) is 34.6 Å². The number of aromatic nitrogens is 3. The van der Waals surface area contributed by atoms with E-state index in [9.17, 15) is 4.79 Å². The molecule has 1 aliphatic heterocycles. The second kappa shape index (κ2) is 7.74. The fourth-order valence-corrected chi connectivity index (χ4v) is 3.98. The lowest BCUT2D eigenvalue weighted by atomic mass is 10.2. The lowest BCUT2D eigenvalue weighted by molar-refractivity contribution is 0.0957. The highest BCUT2D eigenvalue weighted by Crippen LogP contribution is 2.26. The van der Waals surface area contributed by atoms with Crippen molar-refractivity contribution in [2.75, 3.05) is 12.4 Å². The molecule has 1 atom stereocenters. The van der Waals surface area contributed by atoms with Crippen LogP contribution in [0, 0.1) is 13.8 Å². The maximum atomic E-state index is 12.7. The SMILES string of the molecule is Cc1cc(C(=O)CSc2nnc(-c3ccco3)o2)c(C)n1C[C@@H]1CCCO1. The van der Waals surface area contributed by atoms with Crippen LogP contribution in [0.2, 0.25) is 0 Å². The number of aryl methyl sites for hydroxylation is 1. The Morgan fingerprint density at radius 3 is 3.00 bits per heavy atom. The molecule has 0 spiro atoms. The monoisotopic (exact) mass is 387 g/mol. The molecule has 3 aromatic rings. The number of Topliss-reactive ketones (excluding diaryl/α,β-unsaturated/α-hetero) is 1. The van der Waals surface area contributed by atoms with Crippen LogP contribution in [-0.2, 0) is 11.3 Å². The summed E-state index contributed by atoms with van der Waals surface area (Å²) in [4.78, 5) is 12.7. The van der Waals surface area contributed by atoms with E-state index in [4.69, 9.17) is 13.6 Å². The number of ether oxygens (including phenoxy) is 1. The molecule has 1 saturated heterocycles. The molecule has 4 rings (SSSR count). The Hall–Kier alpha value is -2.32. The van der Waals surface area contributed by atoms with Crippen molar-refractivity contribution in [2.45, 2.75) is 44.6 Å². The Kier molecular flexibility index (Phi) is 5.18. The molecular formula is C19H21N3O4S. The van der Waals surface area contributed by atoms with Gasteiger partial charge in [-0.2, -0.15) is 0 Å². The van der Waals surface area contributed by atoms with Gasteiger partial charge in [0.25, 0.3) is 11.1 Å². The second-order valence-corrected chi connectivity index (χ2v) is 7.52. The zero-order chi connectivity index (χ0) is 18.8. The Morgan fingerprint density at radius 1 is 1.37 bits per heavy atom. The largest absolute Gasteiger partial charge is 0.459 e. The molecule has 1 fully saturated rings. The molecule has 3 aromatic heterocycles. The van der Waals surface area contributed by atoms with Crippen molar-refractivity contribution in [3.05, 3.63) is 41.4 Å². The summed E-state index contributed by atoms with van der Waals surface area (Å²) >= 11 is 1.23. The molecule has 0 N–H and O–H groups in total. The predicted molar refractivity (Wildman–Crippen MR) is 99.9 cm³/mol. The molecule has 0 bridgehead atoms. The van der Waals surface area contributed by atoms with E-state index in [1.54, 1.807) is 18.4 Å². The Morgan fingerprint density at radius 2 is 2.26 bits per heavy atom. The summed E-state index contributed by atoms with van der Waals surface area (Å²) in [5, 5.41) is 8.26. The van der Waals surface area contributed by atoms with Gasteiger partial charge in [-0.3, -0.25) is 4.79 Å². The Labute approximate surface area is 161 Å². The van der Waals surface area contributed by atoms with E-state index in [1.165, 1.54) is 11.8 Å². The summed E-state index contributed by atoms with van der Waals surface area (Å²) in [6.45, 7) is 5.64. The first-order chi connectivity index (χ1) is 13.1. The summed E-state index contributed by atoms with van der Waals surface area (Å²) in [6.07, 6.45) is 3.97. The number of carbonyl (C=O) groups is 1. The van der Waals surface area contributed by atoms with Crippen molar-refractivity contribution in [3.8, 4) is 11.7 Å². The molecule has 0 radical (unpaired) electrons. The topological polar surface area (TPSA) is 83.3 Å². The van der Waals surface area contributed by atoms with Crippen LogP contribution in [0.15, 0.2) is 38.5 Å². The standard InChI is InChI=1S/C19H21N3O4S/c1-12-9-15(13(2)22(12)10-14-5-3-7-24-14)16(23)11-27-19-21-20-18(26-19)17-6-4-8-25-17/h4,6,8-9,14H,3,5,7,10-11H2,1-2H3/t14-/m0/s1. The highest BCUT2D eigenvalue weighted by molar-refractivity contribution is 7.99. The van der Waals surface area contributed by atoms with Crippen LogP contribution in [0.3, 0.4) is 0 Å². The smallest absolute Gasteiger partial charge is 0.284 e. The van der Waals surface area contributed by atoms with E-state index in [1.807, 2.05) is 19.9 Å². The van der Waals surface area contributed by atoms with Crippen molar-refractivity contribution in [3.63, 3.8) is 0 Å². The lowest BCUT2D eigenvalue weighted by Crippen LogP contribution is -2.17. The minimum atomic E-state index is 0.0458. The number of thioether (sulfide) groups is 1. The molecule has 7 nitrogen and oxygen atoms in total. The highest BCUT2D eigenvalue weighted by atomic mass is 32.2. The first kappa shape index (κ1) is 18.1. The van der Waals surface area contributed by atoms with Gasteiger partial charge in [0.1, 0.15) is 0 Å². The lowest BCUT2D eigenvalue weighted by Gasteiger charge is -2.14. The zero-order valence-corrected chi connectivity index (χ0v) is 16.1. The van der Waals surface area contributed by atoms with Gasteiger partial charge in [0, 0.05) is 30.1 Å². The van der Waals surface area contributed by atoms with Gasteiger partial charge < -0.3 is 18.1 Å². The average Bonchev–Trinajstić information content (AvgIpc) is 3.43. The maximum absolute atomic E-state index is 12.7. The van der Waals surface area contributed by atoms with Crippen LogP contribution in [0.25, 0.3) is 11.7 Å². The zero-order valence-electron chi connectivity index (χ0n) is 15.3. The van der Waals surface area contributed by atoms with Gasteiger partial charge in [-0.1, -0.05) is 11.8 Å². The van der Waals surface area contributed by atoms with Gasteiger partial charge in [-0.15, -0.1) is 10.2 Å². The normalized spacial score (nSPS) is 16.9. The second-order valence-electron chi connectivity index (χ2n) is 6.59. The summed E-state index contributed by atoms with van der Waals surface area (Å²) in [6, 6.07) is 5.45. The first-order valence-electron chi connectivity index (χ1n) is 8.93. The summed E-state index contributed by atoms with van der Waals surface area (Å²) in [5.41, 5.74) is 2.80. The fraction of sp³-hybridized carbons (Fsp3) is 0.421. The van der Waals surface area contributed by atoms with E-state index in [2.05, 4.69) is 14.8 Å². The minimum Gasteiger partial charge on any atom is -0.459 e. The van der Waals surface area contributed by atoms with Crippen LogP contribution in [-0.4, -0.2) is 39.0 Å². The van der Waals surface area contributed by atoms with E-state index >= 15 is 0 Å². The number of hydrogen-bond donors (Lipinski definition) is 0. The van der Waals surface area contributed by atoms with Crippen molar-refractivity contribution in [2.24, 2.45) is 0 Å². The third-order valence-corrected chi connectivity index (χ3v) is 5.57. The third kappa shape index (κ3) is 3.86. The van der Waals surface area contributed by atoms with Crippen LogP contribution >= 0.6 is 11.8 Å². The van der Waals surface area contributed by atoms with Crippen molar-refractivity contribution in [1.29, 1.82) is 0 Å².